The monoisotopic (exact) mass is 357 g/mol. The minimum atomic E-state index is -0.136. The maximum atomic E-state index is 12.6. The lowest BCUT2D eigenvalue weighted by Gasteiger charge is -2.22. The molecule has 24 heavy (non-hydrogen) atoms. The van der Waals surface area contributed by atoms with Crippen LogP contribution >= 0.6 is 22.7 Å². The van der Waals surface area contributed by atoms with Gasteiger partial charge in [0.1, 0.15) is 10.7 Å². The highest BCUT2D eigenvalue weighted by Gasteiger charge is 2.18. The van der Waals surface area contributed by atoms with Crippen molar-refractivity contribution in [3.05, 3.63) is 63.8 Å². The number of carbonyl (C=O) groups is 1. The average molecular weight is 358 g/mol. The van der Waals surface area contributed by atoms with Crippen molar-refractivity contribution < 1.29 is 4.79 Å². The van der Waals surface area contributed by atoms with Crippen LogP contribution in [0.3, 0.4) is 0 Å². The third kappa shape index (κ3) is 4.08. The number of carbonyl (C=O) groups excluding carboxylic acids is 1. The highest BCUT2D eigenvalue weighted by molar-refractivity contribution is 7.14. The van der Waals surface area contributed by atoms with E-state index in [0.29, 0.717) is 5.69 Å². The minimum Gasteiger partial charge on any atom is -0.343 e. The molecule has 4 nitrogen and oxygen atoms in total. The number of thiazole rings is 1. The molecule has 1 N–H and O–H groups in total. The standard InChI is InChI=1S/C18H19N3OS2/c1-21(2)10-15(13-6-4-3-5-7-13)19-17(22)16-12-24-18(20-16)14-8-9-23-11-14/h3-9,11-12,15H,10H2,1-2H3,(H,19,22)/t15-/m1/s1. The third-order valence-electron chi connectivity index (χ3n) is 3.56. The lowest BCUT2D eigenvalue weighted by atomic mass is 10.1. The number of aromatic nitrogens is 1. The minimum absolute atomic E-state index is 0.0694. The summed E-state index contributed by atoms with van der Waals surface area (Å²) in [6.07, 6.45) is 0. The lowest BCUT2D eigenvalue weighted by molar-refractivity contribution is 0.0925. The Kier molecular flexibility index (Phi) is 5.40. The molecule has 0 aliphatic rings. The molecule has 1 aromatic carbocycles. The van der Waals surface area contributed by atoms with E-state index in [4.69, 9.17) is 0 Å². The Morgan fingerprint density at radius 3 is 2.67 bits per heavy atom. The van der Waals surface area contributed by atoms with Gasteiger partial charge >= 0.3 is 0 Å². The first-order chi connectivity index (χ1) is 11.6. The number of hydrogen-bond donors (Lipinski definition) is 1. The van der Waals surface area contributed by atoms with E-state index in [-0.39, 0.29) is 11.9 Å². The van der Waals surface area contributed by atoms with E-state index in [2.05, 4.69) is 15.2 Å². The molecular weight excluding hydrogens is 338 g/mol. The number of nitrogens with zero attached hydrogens (tertiary/aromatic N) is 2. The predicted molar refractivity (Wildman–Crippen MR) is 101 cm³/mol. The second-order valence-electron chi connectivity index (χ2n) is 5.75. The molecule has 3 rings (SSSR count). The maximum Gasteiger partial charge on any atom is 0.271 e. The number of thiophene rings is 1. The van der Waals surface area contributed by atoms with Crippen molar-refractivity contribution >= 4 is 28.6 Å². The summed E-state index contributed by atoms with van der Waals surface area (Å²) in [5.74, 6) is -0.136. The molecule has 2 heterocycles. The summed E-state index contributed by atoms with van der Waals surface area (Å²) in [6, 6.07) is 12.0. The highest BCUT2D eigenvalue weighted by Crippen LogP contribution is 2.26. The van der Waals surface area contributed by atoms with Crippen LogP contribution in [-0.4, -0.2) is 36.4 Å². The Morgan fingerprint density at radius 1 is 1.21 bits per heavy atom. The summed E-state index contributed by atoms with van der Waals surface area (Å²) in [5.41, 5.74) is 2.63. The van der Waals surface area contributed by atoms with Gasteiger partial charge in [-0.1, -0.05) is 30.3 Å². The Bertz CT molecular complexity index is 782. The van der Waals surface area contributed by atoms with Crippen molar-refractivity contribution in [2.24, 2.45) is 0 Å². The number of nitrogens with one attached hydrogen (secondary N) is 1. The van der Waals surface area contributed by atoms with E-state index in [9.17, 15) is 4.79 Å². The molecule has 1 amide bonds. The van der Waals surface area contributed by atoms with Crippen molar-refractivity contribution in [1.82, 2.24) is 15.2 Å². The Morgan fingerprint density at radius 2 is 2.00 bits per heavy atom. The topological polar surface area (TPSA) is 45.2 Å². The summed E-state index contributed by atoms with van der Waals surface area (Å²) in [4.78, 5) is 19.2. The van der Waals surface area contributed by atoms with Gasteiger partial charge in [-0.15, -0.1) is 11.3 Å². The molecule has 124 valence electrons. The van der Waals surface area contributed by atoms with Gasteiger partial charge in [0.05, 0.1) is 6.04 Å². The molecule has 0 bridgehead atoms. The van der Waals surface area contributed by atoms with Gasteiger partial charge in [0.15, 0.2) is 0 Å². The molecular formula is C18H19N3OS2. The van der Waals surface area contributed by atoms with Crippen molar-refractivity contribution in [3.8, 4) is 10.6 Å². The summed E-state index contributed by atoms with van der Waals surface area (Å²) >= 11 is 3.12. The molecule has 0 aliphatic carbocycles. The summed E-state index contributed by atoms with van der Waals surface area (Å²) in [7, 11) is 4.00. The van der Waals surface area contributed by atoms with Crippen LogP contribution in [0.2, 0.25) is 0 Å². The van der Waals surface area contributed by atoms with Crippen LogP contribution in [0, 0.1) is 0 Å². The molecule has 0 saturated carbocycles. The van der Waals surface area contributed by atoms with Crippen molar-refractivity contribution in [1.29, 1.82) is 0 Å². The quantitative estimate of drug-likeness (QED) is 0.728. The van der Waals surface area contributed by atoms with Gasteiger partial charge < -0.3 is 10.2 Å². The lowest BCUT2D eigenvalue weighted by Crippen LogP contribution is -2.35. The van der Waals surface area contributed by atoms with Gasteiger partial charge in [0, 0.05) is 22.9 Å². The Hall–Kier alpha value is -2.02. The summed E-state index contributed by atoms with van der Waals surface area (Å²) in [5, 5.41) is 9.86. The van der Waals surface area contributed by atoms with E-state index in [0.717, 1.165) is 22.7 Å². The van der Waals surface area contributed by atoms with Gasteiger partial charge in [-0.2, -0.15) is 11.3 Å². The Labute approximate surface area is 149 Å². The SMILES string of the molecule is CN(C)C[C@@H](NC(=O)c1csc(-c2ccsc2)n1)c1ccccc1. The fourth-order valence-corrected chi connectivity index (χ4v) is 3.93. The zero-order chi connectivity index (χ0) is 16.9. The van der Waals surface area contributed by atoms with Crippen LogP contribution in [0.1, 0.15) is 22.1 Å². The predicted octanol–water partition coefficient (Wildman–Crippen LogP) is 3.90. The summed E-state index contributed by atoms with van der Waals surface area (Å²) < 4.78 is 0. The number of amides is 1. The Balaban J connectivity index is 1.76. The number of likely N-dealkylation sites (N-methyl/N-ethyl adjacent to an activating group) is 1. The van der Waals surface area contributed by atoms with Gasteiger partial charge in [-0.05, 0) is 31.1 Å². The molecule has 2 aromatic heterocycles. The molecule has 0 radical (unpaired) electrons. The smallest absolute Gasteiger partial charge is 0.271 e. The van der Waals surface area contributed by atoms with Gasteiger partial charge in [0.25, 0.3) is 5.91 Å². The number of rotatable bonds is 6. The van der Waals surface area contributed by atoms with Crippen LogP contribution in [0.15, 0.2) is 52.5 Å². The first-order valence-electron chi connectivity index (χ1n) is 7.62. The number of benzene rings is 1. The highest BCUT2D eigenvalue weighted by atomic mass is 32.1. The van der Waals surface area contributed by atoms with Crippen LogP contribution in [-0.2, 0) is 0 Å². The molecule has 0 unspecified atom stereocenters. The van der Waals surface area contributed by atoms with Crippen LogP contribution in [0.25, 0.3) is 10.6 Å². The van der Waals surface area contributed by atoms with E-state index in [1.165, 1.54) is 11.3 Å². The maximum absolute atomic E-state index is 12.6. The molecule has 0 aliphatic heterocycles. The molecule has 1 atom stereocenters. The molecule has 0 spiro atoms. The van der Waals surface area contributed by atoms with Gasteiger partial charge in [-0.25, -0.2) is 4.98 Å². The molecule has 3 aromatic rings. The van der Waals surface area contributed by atoms with Gasteiger partial charge in [-0.3, -0.25) is 4.79 Å². The van der Waals surface area contributed by atoms with E-state index in [1.54, 1.807) is 11.3 Å². The second kappa shape index (κ2) is 7.70. The van der Waals surface area contributed by atoms with Crippen molar-refractivity contribution in [2.45, 2.75) is 6.04 Å². The average Bonchev–Trinajstić information content (AvgIpc) is 3.25. The van der Waals surface area contributed by atoms with Crippen molar-refractivity contribution in [2.75, 3.05) is 20.6 Å². The van der Waals surface area contributed by atoms with E-state index in [1.807, 2.05) is 66.6 Å². The van der Waals surface area contributed by atoms with Gasteiger partial charge in [0.2, 0.25) is 0 Å². The summed E-state index contributed by atoms with van der Waals surface area (Å²) in [6.45, 7) is 0.733. The zero-order valence-electron chi connectivity index (χ0n) is 13.6. The fraction of sp³-hybridized carbons (Fsp3) is 0.222. The molecule has 6 heteroatoms. The van der Waals surface area contributed by atoms with Crippen LogP contribution in [0.4, 0.5) is 0 Å². The van der Waals surface area contributed by atoms with Crippen LogP contribution in [0.5, 0.6) is 0 Å². The van der Waals surface area contributed by atoms with E-state index < -0.39 is 0 Å². The third-order valence-corrected chi connectivity index (χ3v) is 5.13. The first-order valence-corrected chi connectivity index (χ1v) is 9.44. The molecule has 0 fully saturated rings. The number of hydrogen-bond acceptors (Lipinski definition) is 5. The fourth-order valence-electron chi connectivity index (χ4n) is 2.41. The van der Waals surface area contributed by atoms with E-state index >= 15 is 0 Å². The first kappa shape index (κ1) is 16.8. The van der Waals surface area contributed by atoms with Crippen LogP contribution < -0.4 is 5.32 Å². The second-order valence-corrected chi connectivity index (χ2v) is 7.39. The van der Waals surface area contributed by atoms with Crippen molar-refractivity contribution in [3.63, 3.8) is 0 Å². The molecule has 0 saturated heterocycles. The zero-order valence-corrected chi connectivity index (χ0v) is 15.2. The normalized spacial score (nSPS) is 12.3. The largest absolute Gasteiger partial charge is 0.343 e.